The van der Waals surface area contributed by atoms with Gasteiger partial charge in [-0.3, -0.25) is 4.79 Å². The van der Waals surface area contributed by atoms with Crippen molar-refractivity contribution in [2.45, 2.75) is 6.92 Å². The first-order chi connectivity index (χ1) is 8.97. The number of aryl methyl sites for hydroxylation is 1. The van der Waals surface area contributed by atoms with E-state index in [0.717, 1.165) is 25.0 Å². The van der Waals surface area contributed by atoms with Gasteiger partial charge >= 0.3 is 0 Å². The molecule has 0 unspecified atom stereocenters. The van der Waals surface area contributed by atoms with Gasteiger partial charge in [0, 0.05) is 19.4 Å². The van der Waals surface area contributed by atoms with E-state index >= 15 is 0 Å². The molecule has 0 radical (unpaired) electrons. The van der Waals surface area contributed by atoms with Crippen LogP contribution in [0.1, 0.15) is 15.9 Å². The number of benzene rings is 2. The summed E-state index contributed by atoms with van der Waals surface area (Å²) in [6.07, 6.45) is 0. The van der Waals surface area contributed by atoms with Gasteiger partial charge in [0.25, 0.3) is 5.91 Å². The van der Waals surface area contributed by atoms with Gasteiger partial charge in [0.05, 0.1) is 5.56 Å². The van der Waals surface area contributed by atoms with Crippen LogP contribution >= 0.6 is 38.5 Å². The fraction of sp³-hybridized carbons (Fsp3) is 0.0714. The Balaban J connectivity index is 2.25. The van der Waals surface area contributed by atoms with E-state index in [1.807, 2.05) is 25.1 Å². The van der Waals surface area contributed by atoms with Crippen molar-refractivity contribution in [2.75, 3.05) is 11.1 Å². The first-order valence-electron chi connectivity index (χ1n) is 5.60. The second kappa shape index (κ2) is 5.92. The number of nitrogens with two attached hydrogens (primary N) is 1. The lowest BCUT2D eigenvalue weighted by molar-refractivity contribution is 0.102. The van der Waals surface area contributed by atoms with Crippen molar-refractivity contribution in [1.29, 1.82) is 0 Å². The van der Waals surface area contributed by atoms with Crippen LogP contribution in [0.4, 0.5) is 11.4 Å². The number of halogens is 2. The molecule has 0 aliphatic carbocycles. The zero-order valence-corrected chi connectivity index (χ0v) is 13.9. The van der Waals surface area contributed by atoms with Gasteiger partial charge in [-0.25, -0.2) is 0 Å². The van der Waals surface area contributed by atoms with Crippen LogP contribution in [0.25, 0.3) is 0 Å². The van der Waals surface area contributed by atoms with E-state index in [-0.39, 0.29) is 5.91 Å². The summed E-state index contributed by atoms with van der Waals surface area (Å²) in [4.78, 5) is 12.2. The van der Waals surface area contributed by atoms with Crippen LogP contribution in [0.15, 0.2) is 40.9 Å². The molecule has 5 heteroatoms. The van der Waals surface area contributed by atoms with E-state index < -0.39 is 0 Å². The van der Waals surface area contributed by atoms with Gasteiger partial charge in [-0.05, 0) is 71.5 Å². The minimum Gasteiger partial charge on any atom is -0.399 e. The number of hydrogen-bond acceptors (Lipinski definition) is 2. The van der Waals surface area contributed by atoms with E-state index in [2.05, 4.69) is 43.8 Å². The number of amides is 1. The van der Waals surface area contributed by atoms with Gasteiger partial charge in [0.1, 0.15) is 0 Å². The van der Waals surface area contributed by atoms with Gasteiger partial charge in [-0.15, -0.1) is 0 Å². The summed E-state index contributed by atoms with van der Waals surface area (Å²) in [6.45, 7) is 1.91. The molecule has 0 saturated carbocycles. The molecule has 0 atom stereocenters. The van der Waals surface area contributed by atoms with Crippen LogP contribution < -0.4 is 11.1 Å². The molecule has 0 heterocycles. The predicted molar refractivity (Wildman–Crippen MR) is 90.4 cm³/mol. The highest BCUT2D eigenvalue weighted by atomic mass is 127. The molecule has 98 valence electrons. The second-order valence-corrected chi connectivity index (χ2v) is 6.23. The highest BCUT2D eigenvalue weighted by molar-refractivity contribution is 14.1. The lowest BCUT2D eigenvalue weighted by Crippen LogP contribution is -2.13. The Kier molecular flexibility index (Phi) is 4.46. The van der Waals surface area contributed by atoms with Crippen molar-refractivity contribution in [1.82, 2.24) is 0 Å². The highest BCUT2D eigenvalue weighted by Crippen LogP contribution is 2.21. The maximum absolute atomic E-state index is 12.2. The van der Waals surface area contributed by atoms with Crippen molar-refractivity contribution >= 4 is 55.8 Å². The van der Waals surface area contributed by atoms with E-state index in [0.29, 0.717) is 5.56 Å². The molecule has 2 aromatic carbocycles. The summed E-state index contributed by atoms with van der Waals surface area (Å²) in [6, 6.07) is 11.1. The Bertz CT molecular complexity index is 643. The first kappa shape index (κ1) is 14.3. The topological polar surface area (TPSA) is 55.1 Å². The maximum Gasteiger partial charge on any atom is 0.256 e. The normalized spacial score (nSPS) is 10.3. The number of carbonyl (C=O) groups excluding carboxylic acids is 1. The summed E-state index contributed by atoms with van der Waals surface area (Å²) in [5.74, 6) is -0.130. The summed E-state index contributed by atoms with van der Waals surface area (Å²) >= 11 is 5.52. The molecule has 19 heavy (non-hydrogen) atoms. The fourth-order valence-corrected chi connectivity index (χ4v) is 2.56. The molecule has 3 nitrogen and oxygen atoms in total. The van der Waals surface area contributed by atoms with Crippen LogP contribution in [0, 0.1) is 10.5 Å². The molecule has 0 aliphatic heterocycles. The number of carbonyl (C=O) groups is 1. The molecule has 0 spiro atoms. The minimum atomic E-state index is -0.130. The molecule has 0 saturated heterocycles. The van der Waals surface area contributed by atoms with E-state index in [1.54, 1.807) is 18.2 Å². The minimum absolute atomic E-state index is 0.130. The monoisotopic (exact) mass is 430 g/mol. The molecule has 2 rings (SSSR count). The summed E-state index contributed by atoms with van der Waals surface area (Å²) in [7, 11) is 0. The second-order valence-electron chi connectivity index (χ2n) is 4.15. The lowest BCUT2D eigenvalue weighted by Gasteiger charge is -2.09. The standard InChI is InChI=1S/C14H12BrIN2O/c1-8-6-10(3-5-13(8)17)18-14(19)11-7-9(15)2-4-12(11)16/h2-7H,17H2,1H3,(H,18,19). The fourth-order valence-electron chi connectivity index (χ4n) is 1.62. The van der Waals surface area contributed by atoms with Crippen molar-refractivity contribution in [3.8, 4) is 0 Å². The first-order valence-corrected chi connectivity index (χ1v) is 7.47. The molecule has 2 aromatic rings. The molecule has 0 fully saturated rings. The number of anilines is 2. The number of nitrogens with one attached hydrogen (secondary N) is 1. The smallest absolute Gasteiger partial charge is 0.256 e. The molecule has 0 aromatic heterocycles. The SMILES string of the molecule is Cc1cc(NC(=O)c2cc(Br)ccc2I)ccc1N. The van der Waals surface area contributed by atoms with Gasteiger partial charge in [-0.1, -0.05) is 15.9 Å². The third-order valence-electron chi connectivity index (χ3n) is 2.70. The quantitative estimate of drug-likeness (QED) is 0.554. The third kappa shape index (κ3) is 3.48. The lowest BCUT2D eigenvalue weighted by atomic mass is 10.1. The van der Waals surface area contributed by atoms with Gasteiger partial charge in [0.2, 0.25) is 0 Å². The van der Waals surface area contributed by atoms with E-state index in [9.17, 15) is 4.79 Å². The summed E-state index contributed by atoms with van der Waals surface area (Å²) in [5.41, 5.74) is 8.80. The van der Waals surface area contributed by atoms with Crippen molar-refractivity contribution in [3.05, 3.63) is 55.6 Å². The highest BCUT2D eigenvalue weighted by Gasteiger charge is 2.11. The average Bonchev–Trinajstić information content (AvgIpc) is 2.36. The Labute approximate surface area is 133 Å². The Morgan fingerprint density at radius 3 is 2.68 bits per heavy atom. The number of rotatable bonds is 2. The van der Waals surface area contributed by atoms with Crippen molar-refractivity contribution in [2.24, 2.45) is 0 Å². The molecule has 3 N–H and O–H groups in total. The third-order valence-corrected chi connectivity index (χ3v) is 4.13. The average molecular weight is 431 g/mol. The predicted octanol–water partition coefficient (Wildman–Crippen LogP) is 4.20. The van der Waals surface area contributed by atoms with Gasteiger partial charge in [0.15, 0.2) is 0 Å². The zero-order valence-electron chi connectivity index (χ0n) is 10.2. The van der Waals surface area contributed by atoms with Crippen molar-refractivity contribution < 1.29 is 4.79 Å². The summed E-state index contributed by atoms with van der Waals surface area (Å²) in [5, 5.41) is 2.87. The maximum atomic E-state index is 12.2. The summed E-state index contributed by atoms with van der Waals surface area (Å²) < 4.78 is 1.79. The Hall–Kier alpha value is -1.08. The Morgan fingerprint density at radius 1 is 1.26 bits per heavy atom. The molecule has 0 bridgehead atoms. The van der Waals surface area contributed by atoms with Crippen LogP contribution in [0.3, 0.4) is 0 Å². The van der Waals surface area contributed by atoms with E-state index in [1.165, 1.54) is 0 Å². The van der Waals surface area contributed by atoms with Crippen LogP contribution in [-0.4, -0.2) is 5.91 Å². The van der Waals surface area contributed by atoms with Gasteiger partial charge in [-0.2, -0.15) is 0 Å². The van der Waals surface area contributed by atoms with E-state index in [4.69, 9.17) is 5.73 Å². The van der Waals surface area contributed by atoms with Crippen LogP contribution in [0.5, 0.6) is 0 Å². The van der Waals surface area contributed by atoms with Crippen molar-refractivity contribution in [3.63, 3.8) is 0 Å². The number of hydrogen-bond donors (Lipinski definition) is 2. The Morgan fingerprint density at radius 2 is 2.00 bits per heavy atom. The largest absolute Gasteiger partial charge is 0.399 e. The van der Waals surface area contributed by atoms with Gasteiger partial charge < -0.3 is 11.1 Å². The van der Waals surface area contributed by atoms with Crippen LogP contribution in [0.2, 0.25) is 0 Å². The molecular formula is C14H12BrIN2O. The number of nitrogen functional groups attached to an aromatic ring is 1. The molecule has 1 amide bonds. The van der Waals surface area contributed by atoms with Crippen LogP contribution in [-0.2, 0) is 0 Å². The zero-order chi connectivity index (χ0) is 14.0. The molecular weight excluding hydrogens is 419 g/mol. The molecule has 0 aliphatic rings.